The molecule has 0 heterocycles. The van der Waals surface area contributed by atoms with Gasteiger partial charge in [0.2, 0.25) is 5.91 Å². The first-order valence-electron chi connectivity index (χ1n) is 13.9. The second-order valence-corrected chi connectivity index (χ2v) is 9.55. The highest BCUT2D eigenvalue weighted by Crippen LogP contribution is 2.14. The molecule has 0 rings (SSSR count). The van der Waals surface area contributed by atoms with Gasteiger partial charge >= 0.3 is 5.97 Å². The summed E-state index contributed by atoms with van der Waals surface area (Å²) in [7, 11) is 1.44. The number of rotatable bonds is 24. The van der Waals surface area contributed by atoms with E-state index in [1.165, 1.54) is 103 Å². The third kappa shape index (κ3) is 22.1. The van der Waals surface area contributed by atoms with Crippen molar-refractivity contribution in [2.45, 2.75) is 149 Å². The maximum absolute atomic E-state index is 11.8. The molecule has 0 unspecified atom stereocenters. The van der Waals surface area contributed by atoms with Gasteiger partial charge in [0.25, 0.3) is 0 Å². The van der Waals surface area contributed by atoms with Gasteiger partial charge in [-0.25, -0.2) is 0 Å². The van der Waals surface area contributed by atoms with Crippen LogP contribution in [0, 0.1) is 0 Å². The number of esters is 1. The molecule has 0 radical (unpaired) electrons. The van der Waals surface area contributed by atoms with E-state index in [9.17, 15) is 9.59 Å². The molecular formula is C28H55NO3. The Morgan fingerprint density at radius 2 is 0.906 bits per heavy atom. The van der Waals surface area contributed by atoms with Crippen LogP contribution in [0.1, 0.15) is 149 Å². The number of hydrogen-bond acceptors (Lipinski definition) is 3. The molecule has 0 aromatic heterocycles. The van der Waals surface area contributed by atoms with Gasteiger partial charge in [-0.3, -0.25) is 9.59 Å². The summed E-state index contributed by atoms with van der Waals surface area (Å²) in [5.74, 6) is 0.0689. The van der Waals surface area contributed by atoms with Gasteiger partial charge in [0.1, 0.15) is 0 Å². The lowest BCUT2D eigenvalue weighted by molar-refractivity contribution is -0.140. The number of methoxy groups -OCH3 is 1. The van der Waals surface area contributed by atoms with Gasteiger partial charge in [-0.15, -0.1) is 0 Å². The number of unbranched alkanes of at least 4 members (excludes halogenated alkanes) is 18. The Labute approximate surface area is 200 Å². The van der Waals surface area contributed by atoms with Gasteiger partial charge in [-0.1, -0.05) is 116 Å². The number of carbonyl (C=O) groups excluding carboxylic acids is 2. The largest absolute Gasteiger partial charge is 0.469 e. The van der Waals surface area contributed by atoms with Gasteiger partial charge in [0.15, 0.2) is 0 Å². The van der Waals surface area contributed by atoms with E-state index in [4.69, 9.17) is 0 Å². The maximum atomic E-state index is 11.8. The molecule has 1 amide bonds. The summed E-state index contributed by atoms with van der Waals surface area (Å²) < 4.78 is 4.66. The fourth-order valence-corrected chi connectivity index (χ4v) is 4.31. The third-order valence-electron chi connectivity index (χ3n) is 6.51. The zero-order valence-corrected chi connectivity index (χ0v) is 21.9. The summed E-state index contributed by atoms with van der Waals surface area (Å²) in [6.45, 7) is 5.72. The van der Waals surface area contributed by atoms with Crippen LogP contribution in [0.5, 0.6) is 0 Å². The SMILES string of the molecule is CCCCCCCCCCCCCCCCCCN(CCCCCCC(=O)OC)C(C)=O. The normalized spacial score (nSPS) is 11.0. The Kier molecular flexibility index (Phi) is 23.8. The monoisotopic (exact) mass is 453 g/mol. The molecule has 4 heteroatoms. The fourth-order valence-electron chi connectivity index (χ4n) is 4.31. The van der Waals surface area contributed by atoms with E-state index >= 15 is 0 Å². The van der Waals surface area contributed by atoms with E-state index in [1.54, 1.807) is 6.92 Å². The van der Waals surface area contributed by atoms with Gasteiger partial charge in [0.05, 0.1) is 7.11 Å². The van der Waals surface area contributed by atoms with Crippen molar-refractivity contribution in [2.24, 2.45) is 0 Å². The molecule has 0 aromatic rings. The van der Waals surface area contributed by atoms with E-state index < -0.39 is 0 Å². The summed E-state index contributed by atoms with van der Waals surface area (Å²) in [5, 5.41) is 0. The average molecular weight is 454 g/mol. The summed E-state index contributed by atoms with van der Waals surface area (Å²) in [5.41, 5.74) is 0. The standard InChI is InChI=1S/C28H55NO3/c1-4-5-6-7-8-9-10-11-12-13-14-15-16-17-19-22-25-29(27(2)30)26-23-20-18-21-24-28(31)32-3/h4-26H2,1-3H3. The first-order valence-corrected chi connectivity index (χ1v) is 13.9. The highest BCUT2D eigenvalue weighted by molar-refractivity contribution is 5.73. The molecule has 0 atom stereocenters. The molecule has 0 saturated carbocycles. The predicted octanol–water partition coefficient (Wildman–Crippen LogP) is 8.22. The smallest absolute Gasteiger partial charge is 0.305 e. The summed E-state index contributed by atoms with van der Waals surface area (Å²) in [6, 6.07) is 0. The van der Waals surface area contributed by atoms with E-state index in [0.717, 1.165) is 45.2 Å². The zero-order chi connectivity index (χ0) is 23.7. The lowest BCUT2D eigenvalue weighted by Gasteiger charge is -2.21. The van der Waals surface area contributed by atoms with Crippen LogP contribution in [0.3, 0.4) is 0 Å². The molecule has 32 heavy (non-hydrogen) atoms. The van der Waals surface area contributed by atoms with Crippen LogP contribution in [0.25, 0.3) is 0 Å². The van der Waals surface area contributed by atoms with Crippen LogP contribution in [0.2, 0.25) is 0 Å². The Morgan fingerprint density at radius 1 is 0.562 bits per heavy atom. The number of amides is 1. The van der Waals surface area contributed by atoms with Crippen molar-refractivity contribution in [2.75, 3.05) is 20.2 Å². The van der Waals surface area contributed by atoms with Crippen molar-refractivity contribution >= 4 is 11.9 Å². The van der Waals surface area contributed by atoms with Crippen molar-refractivity contribution in [1.29, 1.82) is 0 Å². The number of carbonyl (C=O) groups is 2. The molecule has 0 aliphatic rings. The lowest BCUT2D eigenvalue weighted by atomic mass is 10.0. The van der Waals surface area contributed by atoms with Crippen LogP contribution >= 0.6 is 0 Å². The minimum absolute atomic E-state index is 0.126. The molecule has 4 nitrogen and oxygen atoms in total. The molecule has 0 fully saturated rings. The molecule has 0 spiro atoms. The molecule has 0 aliphatic heterocycles. The molecule has 0 saturated heterocycles. The Hall–Kier alpha value is -1.06. The first-order chi connectivity index (χ1) is 15.6. The topological polar surface area (TPSA) is 46.6 Å². The van der Waals surface area contributed by atoms with Crippen molar-refractivity contribution in [3.05, 3.63) is 0 Å². The summed E-state index contributed by atoms with van der Waals surface area (Å²) in [6.07, 6.45) is 26.5. The summed E-state index contributed by atoms with van der Waals surface area (Å²) in [4.78, 5) is 24.9. The number of hydrogen-bond donors (Lipinski definition) is 0. The van der Waals surface area contributed by atoms with Crippen LogP contribution in [-0.4, -0.2) is 37.0 Å². The van der Waals surface area contributed by atoms with Crippen molar-refractivity contribution in [3.8, 4) is 0 Å². The van der Waals surface area contributed by atoms with Crippen molar-refractivity contribution < 1.29 is 14.3 Å². The van der Waals surface area contributed by atoms with Crippen molar-refractivity contribution in [1.82, 2.24) is 4.90 Å². The highest BCUT2D eigenvalue weighted by atomic mass is 16.5. The van der Waals surface area contributed by atoms with Crippen molar-refractivity contribution in [3.63, 3.8) is 0 Å². The Balaban J connectivity index is 3.41. The van der Waals surface area contributed by atoms with Crippen LogP contribution in [-0.2, 0) is 14.3 Å². The van der Waals surface area contributed by atoms with E-state index in [0.29, 0.717) is 6.42 Å². The van der Waals surface area contributed by atoms with Crippen LogP contribution < -0.4 is 0 Å². The molecule has 190 valence electrons. The lowest BCUT2D eigenvalue weighted by Crippen LogP contribution is -2.30. The maximum Gasteiger partial charge on any atom is 0.305 e. The van der Waals surface area contributed by atoms with Crippen LogP contribution in [0.4, 0.5) is 0 Å². The molecule has 0 aromatic carbocycles. The van der Waals surface area contributed by atoms with Gasteiger partial charge in [0, 0.05) is 26.4 Å². The van der Waals surface area contributed by atoms with Gasteiger partial charge < -0.3 is 9.64 Å². The van der Waals surface area contributed by atoms with E-state index in [2.05, 4.69) is 11.7 Å². The molecule has 0 bridgehead atoms. The minimum Gasteiger partial charge on any atom is -0.469 e. The second kappa shape index (κ2) is 24.6. The van der Waals surface area contributed by atoms with Gasteiger partial charge in [-0.05, 0) is 19.3 Å². The molecule has 0 N–H and O–H groups in total. The van der Waals surface area contributed by atoms with Crippen LogP contribution in [0.15, 0.2) is 0 Å². The Morgan fingerprint density at radius 3 is 1.25 bits per heavy atom. The quantitative estimate of drug-likeness (QED) is 0.109. The molecular weight excluding hydrogens is 398 g/mol. The minimum atomic E-state index is -0.126. The van der Waals surface area contributed by atoms with E-state index in [1.807, 2.05) is 4.90 Å². The first kappa shape index (κ1) is 30.9. The number of nitrogens with zero attached hydrogens (tertiary/aromatic N) is 1. The second-order valence-electron chi connectivity index (χ2n) is 9.55. The third-order valence-corrected chi connectivity index (χ3v) is 6.51. The van der Waals surface area contributed by atoms with Gasteiger partial charge in [-0.2, -0.15) is 0 Å². The number of ether oxygens (including phenoxy) is 1. The predicted molar refractivity (Wildman–Crippen MR) is 137 cm³/mol. The highest BCUT2D eigenvalue weighted by Gasteiger charge is 2.08. The zero-order valence-electron chi connectivity index (χ0n) is 21.9. The molecule has 0 aliphatic carbocycles. The fraction of sp³-hybridized carbons (Fsp3) is 0.929. The van der Waals surface area contributed by atoms with E-state index in [-0.39, 0.29) is 11.9 Å². The summed E-state index contributed by atoms with van der Waals surface area (Å²) >= 11 is 0. The Bertz CT molecular complexity index is 425. The average Bonchev–Trinajstić information content (AvgIpc) is 2.79.